The predicted molar refractivity (Wildman–Crippen MR) is 88.7 cm³/mol. The van der Waals surface area contributed by atoms with E-state index in [0.717, 1.165) is 31.6 Å². The zero-order chi connectivity index (χ0) is 16.6. The smallest absolute Gasteiger partial charge is 0.238 e. The number of ether oxygens (including phenoxy) is 2. The molecule has 1 aromatic rings. The van der Waals surface area contributed by atoms with Gasteiger partial charge in [-0.2, -0.15) is 0 Å². The monoisotopic (exact) mass is 332 g/mol. The van der Waals surface area contributed by atoms with Crippen molar-refractivity contribution in [3.05, 3.63) is 24.5 Å². The minimum absolute atomic E-state index is 0.123. The molecule has 0 aliphatic carbocycles. The van der Waals surface area contributed by atoms with Gasteiger partial charge < -0.3 is 24.6 Å². The number of methoxy groups -OCH3 is 1. The lowest BCUT2D eigenvalue weighted by molar-refractivity contribution is -0.140. The molecule has 3 aliphatic rings. The molecule has 24 heavy (non-hydrogen) atoms. The van der Waals surface area contributed by atoms with Crippen LogP contribution in [0.2, 0.25) is 0 Å². The van der Waals surface area contributed by atoms with Crippen LogP contribution in [-0.4, -0.2) is 73.6 Å². The Bertz CT molecular complexity index is 599. The highest BCUT2D eigenvalue weighted by Gasteiger charge is 2.51. The van der Waals surface area contributed by atoms with Crippen molar-refractivity contribution in [2.24, 2.45) is 0 Å². The fraction of sp³-hybridized carbons (Fsp3) is 0.647. The fourth-order valence-corrected chi connectivity index (χ4v) is 4.22. The first-order valence-electron chi connectivity index (χ1n) is 8.54. The third kappa shape index (κ3) is 2.76. The van der Waals surface area contributed by atoms with Gasteiger partial charge >= 0.3 is 0 Å². The van der Waals surface area contributed by atoms with Gasteiger partial charge in [-0.3, -0.25) is 9.78 Å². The van der Waals surface area contributed by atoms with E-state index in [2.05, 4.69) is 15.2 Å². The number of aromatic nitrogens is 1. The van der Waals surface area contributed by atoms with Gasteiger partial charge in [0.05, 0.1) is 31.3 Å². The Labute approximate surface area is 141 Å². The Hall–Kier alpha value is -1.70. The molecule has 4 heterocycles. The van der Waals surface area contributed by atoms with Crippen molar-refractivity contribution in [1.82, 2.24) is 15.2 Å². The highest BCUT2D eigenvalue weighted by atomic mass is 16.5. The summed E-state index contributed by atoms with van der Waals surface area (Å²) >= 11 is 0. The van der Waals surface area contributed by atoms with E-state index in [0.29, 0.717) is 19.7 Å². The first kappa shape index (κ1) is 15.8. The summed E-state index contributed by atoms with van der Waals surface area (Å²) in [5, 5.41) is 3.14. The van der Waals surface area contributed by atoms with Crippen molar-refractivity contribution in [1.29, 1.82) is 0 Å². The first-order valence-corrected chi connectivity index (χ1v) is 8.54. The Morgan fingerprint density at radius 3 is 3.00 bits per heavy atom. The quantitative estimate of drug-likeness (QED) is 0.854. The molecule has 3 saturated heterocycles. The van der Waals surface area contributed by atoms with E-state index in [1.165, 1.54) is 0 Å². The summed E-state index contributed by atoms with van der Waals surface area (Å²) in [6.45, 7) is 3.37. The van der Waals surface area contributed by atoms with Gasteiger partial charge in [-0.05, 0) is 18.6 Å². The number of fused-ring (bicyclic) bond motifs is 1. The number of amides is 1. The molecule has 0 bridgehead atoms. The van der Waals surface area contributed by atoms with Crippen LogP contribution in [0.4, 0.5) is 5.69 Å². The van der Waals surface area contributed by atoms with Crippen LogP contribution in [0.15, 0.2) is 24.5 Å². The average molecular weight is 332 g/mol. The summed E-state index contributed by atoms with van der Waals surface area (Å²) in [6, 6.07) is 4.30. The molecule has 3 atom stereocenters. The van der Waals surface area contributed by atoms with Crippen molar-refractivity contribution < 1.29 is 14.3 Å². The molecule has 3 aliphatic heterocycles. The van der Waals surface area contributed by atoms with Crippen LogP contribution in [0.25, 0.3) is 0 Å². The summed E-state index contributed by atoms with van der Waals surface area (Å²) in [4.78, 5) is 20.5. The van der Waals surface area contributed by atoms with Gasteiger partial charge in [0.15, 0.2) is 0 Å². The SMILES string of the molecule is COC[C@H]1CC2(CCN1c1ccncc1)CN1C(=O)CNCC1O2. The zero-order valence-corrected chi connectivity index (χ0v) is 14.0. The number of piperidine rings is 1. The van der Waals surface area contributed by atoms with Crippen LogP contribution in [0, 0.1) is 0 Å². The maximum atomic E-state index is 12.1. The number of piperazine rings is 1. The van der Waals surface area contributed by atoms with Crippen LogP contribution in [0.5, 0.6) is 0 Å². The lowest BCUT2D eigenvalue weighted by atomic mass is 9.86. The summed E-state index contributed by atoms with van der Waals surface area (Å²) in [6.07, 6.45) is 5.29. The molecule has 1 amide bonds. The van der Waals surface area contributed by atoms with Gasteiger partial charge in [0, 0.05) is 44.7 Å². The lowest BCUT2D eigenvalue weighted by Gasteiger charge is -2.45. The summed E-state index contributed by atoms with van der Waals surface area (Å²) in [5.41, 5.74) is 0.911. The standard InChI is InChI=1S/C17H24N4O3/c1-23-11-14-8-17(4-7-20(14)13-2-5-18-6-3-13)12-21-15(22)9-19-10-16(21)24-17/h2-3,5-6,14,16,19H,4,7-12H2,1H3/t14-,16?,17?/m1/s1. The van der Waals surface area contributed by atoms with Crippen molar-refractivity contribution in [3.63, 3.8) is 0 Å². The van der Waals surface area contributed by atoms with E-state index in [1.807, 2.05) is 29.4 Å². The number of hydrogen-bond donors (Lipinski definition) is 1. The molecule has 130 valence electrons. The second kappa shape index (κ2) is 6.31. The van der Waals surface area contributed by atoms with E-state index in [1.54, 1.807) is 7.11 Å². The molecule has 0 saturated carbocycles. The minimum atomic E-state index is -0.251. The molecule has 7 heteroatoms. The van der Waals surface area contributed by atoms with Crippen LogP contribution in [0.1, 0.15) is 12.8 Å². The maximum Gasteiger partial charge on any atom is 0.238 e. The normalized spacial score (nSPS) is 33.1. The highest BCUT2D eigenvalue weighted by Crippen LogP contribution is 2.39. The average Bonchev–Trinajstić information content (AvgIpc) is 2.95. The van der Waals surface area contributed by atoms with Crippen LogP contribution in [-0.2, 0) is 14.3 Å². The Morgan fingerprint density at radius 1 is 1.42 bits per heavy atom. The molecule has 1 N–H and O–H groups in total. The summed E-state index contributed by atoms with van der Waals surface area (Å²) in [7, 11) is 1.73. The van der Waals surface area contributed by atoms with Crippen molar-refractivity contribution in [2.75, 3.05) is 44.8 Å². The summed E-state index contributed by atoms with van der Waals surface area (Å²) < 4.78 is 11.8. The number of carbonyl (C=O) groups is 1. The van der Waals surface area contributed by atoms with Gasteiger partial charge in [0.25, 0.3) is 0 Å². The second-order valence-corrected chi connectivity index (χ2v) is 6.87. The minimum Gasteiger partial charge on any atom is -0.383 e. The van der Waals surface area contributed by atoms with Crippen molar-refractivity contribution in [2.45, 2.75) is 30.7 Å². The highest BCUT2D eigenvalue weighted by molar-refractivity contribution is 5.79. The molecular weight excluding hydrogens is 308 g/mol. The van der Waals surface area contributed by atoms with E-state index in [4.69, 9.17) is 9.47 Å². The zero-order valence-electron chi connectivity index (χ0n) is 14.0. The molecule has 1 spiro atoms. The number of nitrogens with zero attached hydrogens (tertiary/aromatic N) is 3. The number of anilines is 1. The number of pyridine rings is 1. The van der Waals surface area contributed by atoms with Crippen molar-refractivity contribution in [3.8, 4) is 0 Å². The van der Waals surface area contributed by atoms with Crippen LogP contribution in [0.3, 0.4) is 0 Å². The second-order valence-electron chi connectivity index (χ2n) is 6.87. The molecule has 1 aromatic heterocycles. The lowest BCUT2D eigenvalue weighted by Crippen LogP contribution is -2.54. The van der Waals surface area contributed by atoms with Gasteiger partial charge in [0.2, 0.25) is 5.91 Å². The topological polar surface area (TPSA) is 66.9 Å². The molecule has 0 radical (unpaired) electrons. The first-order chi connectivity index (χ1) is 11.7. The molecule has 2 unspecified atom stereocenters. The molecular formula is C17H24N4O3. The number of hydrogen-bond acceptors (Lipinski definition) is 6. The van der Waals surface area contributed by atoms with E-state index >= 15 is 0 Å². The van der Waals surface area contributed by atoms with E-state index in [-0.39, 0.29) is 23.8 Å². The third-order valence-corrected chi connectivity index (χ3v) is 5.32. The molecule has 7 nitrogen and oxygen atoms in total. The molecule has 4 rings (SSSR count). The number of rotatable bonds is 3. The van der Waals surface area contributed by atoms with Gasteiger partial charge in [0.1, 0.15) is 6.23 Å². The van der Waals surface area contributed by atoms with E-state index in [9.17, 15) is 4.79 Å². The van der Waals surface area contributed by atoms with E-state index < -0.39 is 0 Å². The van der Waals surface area contributed by atoms with Crippen LogP contribution < -0.4 is 10.2 Å². The molecule has 0 aromatic carbocycles. The summed E-state index contributed by atoms with van der Waals surface area (Å²) in [5.74, 6) is 0.142. The number of carbonyl (C=O) groups excluding carboxylic acids is 1. The molecule has 3 fully saturated rings. The van der Waals surface area contributed by atoms with Crippen molar-refractivity contribution >= 4 is 11.6 Å². The maximum absolute atomic E-state index is 12.1. The van der Waals surface area contributed by atoms with Gasteiger partial charge in [-0.25, -0.2) is 0 Å². The number of nitrogens with one attached hydrogen (secondary N) is 1. The van der Waals surface area contributed by atoms with Crippen LogP contribution >= 0.6 is 0 Å². The predicted octanol–water partition coefficient (Wildman–Crippen LogP) is 0.224. The fourth-order valence-electron chi connectivity index (χ4n) is 4.22. The largest absolute Gasteiger partial charge is 0.383 e. The Kier molecular flexibility index (Phi) is 4.15. The Morgan fingerprint density at radius 2 is 2.25 bits per heavy atom. The van der Waals surface area contributed by atoms with Gasteiger partial charge in [-0.1, -0.05) is 0 Å². The Balaban J connectivity index is 1.53. The van der Waals surface area contributed by atoms with Gasteiger partial charge in [-0.15, -0.1) is 0 Å². The third-order valence-electron chi connectivity index (χ3n) is 5.32.